The predicted octanol–water partition coefficient (Wildman–Crippen LogP) is 2.48. The van der Waals surface area contributed by atoms with E-state index in [4.69, 9.17) is 11.6 Å². The summed E-state index contributed by atoms with van der Waals surface area (Å²) in [6.07, 6.45) is 2.77. The van der Waals surface area contributed by atoms with Crippen LogP contribution in [-0.2, 0) is 4.79 Å². The maximum absolute atomic E-state index is 13.8. The minimum absolute atomic E-state index is 0.0202. The molecule has 0 radical (unpaired) electrons. The predicted molar refractivity (Wildman–Crippen MR) is 68.3 cm³/mol. The molecule has 2 aliphatic rings. The second-order valence-corrected chi connectivity index (χ2v) is 5.40. The number of nitrogens with zero attached hydrogens (tertiary/aromatic N) is 1. The molecule has 3 rings (SSSR count). The Hall–Kier alpha value is -1.20. The first-order valence-electron chi connectivity index (χ1n) is 6.28. The number of carbonyl (C=O) groups is 1. The zero-order valence-electron chi connectivity index (χ0n) is 10.1. The average molecular weight is 287 g/mol. The van der Waals surface area contributed by atoms with Crippen molar-refractivity contribution in [2.24, 2.45) is 0 Å². The maximum Gasteiger partial charge on any atom is 0.244 e. The molecule has 2 fully saturated rings. The molecule has 0 bridgehead atoms. The third-order valence-electron chi connectivity index (χ3n) is 3.47. The summed E-state index contributed by atoms with van der Waals surface area (Å²) in [5, 5.41) is 3.15. The van der Waals surface area contributed by atoms with Gasteiger partial charge in [0.1, 0.15) is 5.82 Å². The number of hydrogen-bond donors (Lipinski definition) is 1. The first-order chi connectivity index (χ1) is 9.06. The molecule has 1 N–H and O–H groups in total. The third-order valence-corrected chi connectivity index (χ3v) is 3.76. The Bertz CT molecular complexity index is 510. The standard InChI is InChI=1S/C13H13ClF2N2O/c14-9-5-7(15)6-10(16)12(9)18-4-3-11(13(18)19)17-8-1-2-8/h5-6,8,11,17H,1-4H2. The smallest absolute Gasteiger partial charge is 0.244 e. The summed E-state index contributed by atoms with van der Waals surface area (Å²) < 4.78 is 26.8. The SMILES string of the molecule is O=C1C(NC2CC2)CCN1c1c(F)cc(F)cc1Cl. The topological polar surface area (TPSA) is 32.3 Å². The number of rotatable bonds is 3. The van der Waals surface area contributed by atoms with Crippen LogP contribution in [0.3, 0.4) is 0 Å². The van der Waals surface area contributed by atoms with Gasteiger partial charge in [-0.2, -0.15) is 0 Å². The quantitative estimate of drug-likeness (QED) is 0.926. The van der Waals surface area contributed by atoms with Crippen LogP contribution in [0.2, 0.25) is 5.02 Å². The van der Waals surface area contributed by atoms with Crippen LogP contribution < -0.4 is 10.2 Å². The van der Waals surface area contributed by atoms with Crippen LogP contribution in [0.5, 0.6) is 0 Å². The highest BCUT2D eigenvalue weighted by Gasteiger charge is 2.37. The van der Waals surface area contributed by atoms with Gasteiger partial charge in [0.25, 0.3) is 0 Å². The number of nitrogens with one attached hydrogen (secondary N) is 1. The third kappa shape index (κ3) is 2.44. The van der Waals surface area contributed by atoms with E-state index in [1.807, 2.05) is 0 Å². The molecule has 1 atom stereocenters. The van der Waals surface area contributed by atoms with Crippen LogP contribution in [0.25, 0.3) is 0 Å². The van der Waals surface area contributed by atoms with Crippen molar-refractivity contribution < 1.29 is 13.6 Å². The first-order valence-corrected chi connectivity index (χ1v) is 6.66. The van der Waals surface area contributed by atoms with E-state index in [0.717, 1.165) is 25.0 Å². The Labute approximate surface area is 114 Å². The zero-order chi connectivity index (χ0) is 13.6. The van der Waals surface area contributed by atoms with Gasteiger partial charge in [0.15, 0.2) is 5.82 Å². The molecule has 1 unspecified atom stereocenters. The van der Waals surface area contributed by atoms with Gasteiger partial charge in [0.2, 0.25) is 5.91 Å². The van der Waals surface area contributed by atoms with E-state index in [0.29, 0.717) is 19.0 Å². The van der Waals surface area contributed by atoms with Gasteiger partial charge < -0.3 is 10.2 Å². The van der Waals surface area contributed by atoms with Gasteiger partial charge in [-0.3, -0.25) is 4.79 Å². The molecule has 1 aliphatic carbocycles. The lowest BCUT2D eigenvalue weighted by Crippen LogP contribution is -2.39. The van der Waals surface area contributed by atoms with E-state index in [-0.39, 0.29) is 22.7 Å². The van der Waals surface area contributed by atoms with Gasteiger partial charge in [-0.25, -0.2) is 8.78 Å². The zero-order valence-corrected chi connectivity index (χ0v) is 10.9. The van der Waals surface area contributed by atoms with E-state index in [1.165, 1.54) is 4.90 Å². The van der Waals surface area contributed by atoms with Crippen molar-refractivity contribution in [3.8, 4) is 0 Å². The molecule has 19 heavy (non-hydrogen) atoms. The van der Waals surface area contributed by atoms with E-state index >= 15 is 0 Å². The molecule has 3 nitrogen and oxygen atoms in total. The highest BCUT2D eigenvalue weighted by atomic mass is 35.5. The monoisotopic (exact) mass is 286 g/mol. The van der Waals surface area contributed by atoms with Crippen LogP contribution in [0.15, 0.2) is 12.1 Å². The number of hydrogen-bond acceptors (Lipinski definition) is 2. The van der Waals surface area contributed by atoms with Gasteiger partial charge in [-0.05, 0) is 25.3 Å². The van der Waals surface area contributed by atoms with Crippen LogP contribution in [0.4, 0.5) is 14.5 Å². The van der Waals surface area contributed by atoms with Crippen molar-refractivity contribution in [2.45, 2.75) is 31.3 Å². The maximum atomic E-state index is 13.8. The highest BCUT2D eigenvalue weighted by Crippen LogP contribution is 2.33. The Morgan fingerprint density at radius 2 is 2.00 bits per heavy atom. The molecule has 102 valence electrons. The Balaban J connectivity index is 1.84. The summed E-state index contributed by atoms with van der Waals surface area (Å²) >= 11 is 5.85. The molecule has 1 saturated carbocycles. The lowest BCUT2D eigenvalue weighted by molar-refractivity contribution is -0.118. The van der Waals surface area contributed by atoms with Crippen molar-refractivity contribution >= 4 is 23.2 Å². The second-order valence-electron chi connectivity index (χ2n) is 4.99. The molecular formula is C13H13ClF2N2O. The summed E-state index contributed by atoms with van der Waals surface area (Å²) in [7, 11) is 0. The number of carbonyl (C=O) groups excluding carboxylic acids is 1. The number of halogens is 3. The minimum Gasteiger partial charge on any atom is -0.307 e. The van der Waals surface area contributed by atoms with E-state index in [9.17, 15) is 13.6 Å². The van der Waals surface area contributed by atoms with Crippen molar-refractivity contribution in [1.82, 2.24) is 5.32 Å². The molecule has 6 heteroatoms. The summed E-state index contributed by atoms with van der Waals surface area (Å²) in [4.78, 5) is 13.5. The fourth-order valence-corrected chi connectivity index (χ4v) is 2.68. The van der Waals surface area contributed by atoms with E-state index in [2.05, 4.69) is 5.32 Å². The lowest BCUT2D eigenvalue weighted by Gasteiger charge is -2.19. The summed E-state index contributed by atoms with van der Waals surface area (Å²) in [6.45, 7) is 0.394. The van der Waals surface area contributed by atoms with E-state index in [1.54, 1.807) is 0 Å². The first kappa shape index (κ1) is 12.8. The van der Waals surface area contributed by atoms with Gasteiger partial charge >= 0.3 is 0 Å². The summed E-state index contributed by atoms with van der Waals surface area (Å²) in [5.41, 5.74) is -0.0202. The average Bonchev–Trinajstić information content (AvgIpc) is 3.07. The minimum atomic E-state index is -0.801. The van der Waals surface area contributed by atoms with Gasteiger partial charge in [-0.15, -0.1) is 0 Å². The molecular weight excluding hydrogens is 274 g/mol. The molecule has 1 aromatic rings. The van der Waals surface area contributed by atoms with Crippen LogP contribution in [-0.4, -0.2) is 24.5 Å². The van der Waals surface area contributed by atoms with Crippen molar-refractivity contribution in [3.05, 3.63) is 28.8 Å². The fraction of sp³-hybridized carbons (Fsp3) is 0.462. The number of amides is 1. The Kier molecular flexibility index (Phi) is 3.19. The molecule has 1 aromatic carbocycles. The Morgan fingerprint density at radius 1 is 1.26 bits per heavy atom. The van der Waals surface area contributed by atoms with Crippen molar-refractivity contribution in [2.75, 3.05) is 11.4 Å². The number of benzene rings is 1. The molecule has 0 spiro atoms. The lowest BCUT2D eigenvalue weighted by atomic mass is 10.2. The second kappa shape index (κ2) is 4.72. The largest absolute Gasteiger partial charge is 0.307 e. The van der Waals surface area contributed by atoms with E-state index < -0.39 is 11.6 Å². The van der Waals surface area contributed by atoms with Crippen molar-refractivity contribution in [3.63, 3.8) is 0 Å². The molecule has 1 amide bonds. The molecule has 1 heterocycles. The molecule has 1 saturated heterocycles. The highest BCUT2D eigenvalue weighted by molar-refractivity contribution is 6.34. The van der Waals surface area contributed by atoms with Crippen molar-refractivity contribution in [1.29, 1.82) is 0 Å². The normalized spacial score (nSPS) is 23.2. The van der Waals surface area contributed by atoms with Crippen LogP contribution in [0, 0.1) is 11.6 Å². The van der Waals surface area contributed by atoms with Crippen LogP contribution >= 0.6 is 11.6 Å². The Morgan fingerprint density at radius 3 is 2.63 bits per heavy atom. The molecule has 1 aliphatic heterocycles. The molecule has 0 aromatic heterocycles. The fourth-order valence-electron chi connectivity index (χ4n) is 2.38. The summed E-state index contributed by atoms with van der Waals surface area (Å²) in [5.74, 6) is -1.74. The van der Waals surface area contributed by atoms with Gasteiger partial charge in [-0.1, -0.05) is 11.6 Å². The number of anilines is 1. The van der Waals surface area contributed by atoms with Crippen LogP contribution in [0.1, 0.15) is 19.3 Å². The van der Waals surface area contributed by atoms with Gasteiger partial charge in [0.05, 0.1) is 16.8 Å². The summed E-state index contributed by atoms with van der Waals surface area (Å²) in [6, 6.07) is 1.89. The van der Waals surface area contributed by atoms with Gasteiger partial charge in [0, 0.05) is 18.7 Å².